The molecule has 5 nitrogen and oxygen atoms in total. The van der Waals surface area contributed by atoms with Crippen molar-refractivity contribution in [3.05, 3.63) is 23.8 Å². The average Bonchev–Trinajstić information content (AvgIpc) is 2.47. The lowest BCUT2D eigenvalue weighted by molar-refractivity contribution is 0.0655. The molecule has 1 aromatic carbocycles. The van der Waals surface area contributed by atoms with Crippen molar-refractivity contribution in [1.29, 1.82) is 0 Å². The van der Waals surface area contributed by atoms with Gasteiger partial charge in [0.05, 0.1) is 13.2 Å². The lowest BCUT2D eigenvalue weighted by atomic mass is 10.1. The number of methoxy groups -OCH3 is 1. The zero-order chi connectivity index (χ0) is 15.4. The molecule has 0 bridgehead atoms. The Bertz CT molecular complexity index is 502. The van der Waals surface area contributed by atoms with E-state index < -0.39 is 0 Å². The second-order valence-corrected chi connectivity index (χ2v) is 5.58. The van der Waals surface area contributed by atoms with E-state index in [2.05, 4.69) is 12.2 Å². The van der Waals surface area contributed by atoms with Crippen molar-refractivity contribution >= 4 is 5.91 Å². The van der Waals surface area contributed by atoms with Crippen LogP contribution in [0.5, 0.6) is 11.5 Å². The normalized spacial score (nSPS) is 18.7. The van der Waals surface area contributed by atoms with Crippen LogP contribution in [0.25, 0.3) is 0 Å². The summed E-state index contributed by atoms with van der Waals surface area (Å²) >= 11 is 0. The Kier molecular flexibility index (Phi) is 5.07. The van der Waals surface area contributed by atoms with Gasteiger partial charge in [0.25, 0.3) is 5.91 Å². The lowest BCUT2D eigenvalue weighted by Crippen LogP contribution is -2.52. The molecule has 0 aliphatic carbocycles. The van der Waals surface area contributed by atoms with Crippen LogP contribution in [0.1, 0.15) is 31.1 Å². The van der Waals surface area contributed by atoms with Crippen LogP contribution >= 0.6 is 0 Å². The highest BCUT2D eigenvalue weighted by molar-refractivity contribution is 5.95. The van der Waals surface area contributed by atoms with Gasteiger partial charge in [-0.05, 0) is 39.0 Å². The van der Waals surface area contributed by atoms with Crippen molar-refractivity contribution in [3.8, 4) is 11.5 Å². The summed E-state index contributed by atoms with van der Waals surface area (Å²) in [6.07, 6.45) is 0.0636. The van der Waals surface area contributed by atoms with Crippen LogP contribution in [0.15, 0.2) is 18.2 Å². The van der Waals surface area contributed by atoms with E-state index in [1.807, 2.05) is 18.7 Å². The molecule has 1 saturated heterocycles. The predicted octanol–water partition coefficient (Wildman–Crippen LogP) is 1.92. The Morgan fingerprint density at radius 2 is 2.14 bits per heavy atom. The zero-order valence-corrected chi connectivity index (χ0v) is 13.2. The Morgan fingerprint density at radius 1 is 1.38 bits per heavy atom. The second kappa shape index (κ2) is 6.80. The van der Waals surface area contributed by atoms with E-state index >= 15 is 0 Å². The number of piperazine rings is 1. The number of rotatable bonds is 4. The van der Waals surface area contributed by atoms with Gasteiger partial charge in [0.1, 0.15) is 0 Å². The van der Waals surface area contributed by atoms with Gasteiger partial charge in [-0.2, -0.15) is 0 Å². The maximum atomic E-state index is 12.6. The summed E-state index contributed by atoms with van der Waals surface area (Å²) in [6, 6.07) is 5.56. The van der Waals surface area contributed by atoms with E-state index in [9.17, 15) is 4.79 Å². The number of nitrogens with zero attached hydrogens (tertiary/aromatic N) is 1. The quantitative estimate of drug-likeness (QED) is 0.921. The molecule has 0 saturated carbocycles. The van der Waals surface area contributed by atoms with E-state index in [4.69, 9.17) is 9.47 Å². The van der Waals surface area contributed by atoms with E-state index in [0.717, 1.165) is 19.6 Å². The molecule has 21 heavy (non-hydrogen) atoms. The summed E-state index contributed by atoms with van der Waals surface area (Å²) in [4.78, 5) is 14.5. The van der Waals surface area contributed by atoms with Crippen molar-refractivity contribution < 1.29 is 14.3 Å². The van der Waals surface area contributed by atoms with Gasteiger partial charge >= 0.3 is 0 Å². The van der Waals surface area contributed by atoms with Crippen LogP contribution < -0.4 is 14.8 Å². The van der Waals surface area contributed by atoms with Crippen LogP contribution in [-0.2, 0) is 0 Å². The van der Waals surface area contributed by atoms with Gasteiger partial charge in [-0.15, -0.1) is 0 Å². The largest absolute Gasteiger partial charge is 0.493 e. The number of hydrogen-bond acceptors (Lipinski definition) is 4. The van der Waals surface area contributed by atoms with E-state index in [0.29, 0.717) is 17.1 Å². The van der Waals surface area contributed by atoms with E-state index in [-0.39, 0.29) is 18.1 Å². The number of hydrogen-bond donors (Lipinski definition) is 1. The van der Waals surface area contributed by atoms with Gasteiger partial charge in [-0.25, -0.2) is 0 Å². The molecule has 2 rings (SSSR count). The van der Waals surface area contributed by atoms with Crippen LogP contribution in [0, 0.1) is 0 Å². The number of carbonyl (C=O) groups excluding carboxylic acids is 1. The van der Waals surface area contributed by atoms with Crippen molar-refractivity contribution in [2.24, 2.45) is 0 Å². The van der Waals surface area contributed by atoms with Crippen molar-refractivity contribution in [1.82, 2.24) is 10.2 Å². The maximum absolute atomic E-state index is 12.6. The van der Waals surface area contributed by atoms with Crippen LogP contribution in [0.3, 0.4) is 0 Å². The van der Waals surface area contributed by atoms with Gasteiger partial charge in [0.2, 0.25) is 0 Å². The standard InChI is InChI=1S/C16H24N2O3/c1-11(2)21-14-6-5-13(9-15(14)20-4)16(19)18-8-7-17-10-12(18)3/h5-6,9,11-12,17H,7-8,10H2,1-4H3/t12-/m0/s1. The molecule has 1 fully saturated rings. The third kappa shape index (κ3) is 3.67. The fourth-order valence-corrected chi connectivity index (χ4v) is 2.46. The average molecular weight is 292 g/mol. The summed E-state index contributed by atoms with van der Waals surface area (Å²) < 4.78 is 11.0. The number of amides is 1. The van der Waals surface area contributed by atoms with E-state index in [1.165, 1.54) is 0 Å². The molecule has 1 amide bonds. The fraction of sp³-hybridized carbons (Fsp3) is 0.562. The van der Waals surface area contributed by atoms with Gasteiger partial charge in [0, 0.05) is 31.2 Å². The molecule has 1 aliphatic heterocycles. The number of benzene rings is 1. The highest BCUT2D eigenvalue weighted by Gasteiger charge is 2.24. The molecular formula is C16H24N2O3. The smallest absolute Gasteiger partial charge is 0.254 e. The minimum Gasteiger partial charge on any atom is -0.493 e. The minimum atomic E-state index is 0.0402. The highest BCUT2D eigenvalue weighted by Crippen LogP contribution is 2.29. The molecule has 1 N–H and O–H groups in total. The Hall–Kier alpha value is -1.75. The third-order valence-corrected chi connectivity index (χ3v) is 3.54. The number of carbonyl (C=O) groups is 1. The maximum Gasteiger partial charge on any atom is 0.254 e. The molecule has 1 aliphatic rings. The molecule has 0 aromatic heterocycles. The monoisotopic (exact) mass is 292 g/mol. The fourth-order valence-electron chi connectivity index (χ4n) is 2.46. The topological polar surface area (TPSA) is 50.8 Å². The van der Waals surface area contributed by atoms with Crippen LogP contribution in [0.4, 0.5) is 0 Å². The first-order valence-corrected chi connectivity index (χ1v) is 7.39. The minimum absolute atomic E-state index is 0.0402. The lowest BCUT2D eigenvalue weighted by Gasteiger charge is -2.34. The molecule has 1 aromatic rings. The second-order valence-electron chi connectivity index (χ2n) is 5.58. The predicted molar refractivity (Wildman–Crippen MR) is 82.1 cm³/mol. The van der Waals surface area contributed by atoms with Crippen molar-refractivity contribution in [3.63, 3.8) is 0 Å². The zero-order valence-electron chi connectivity index (χ0n) is 13.2. The molecule has 0 radical (unpaired) electrons. The first-order chi connectivity index (χ1) is 10.0. The van der Waals surface area contributed by atoms with Gasteiger partial charge in [-0.1, -0.05) is 0 Å². The Morgan fingerprint density at radius 3 is 2.76 bits per heavy atom. The SMILES string of the molecule is COc1cc(C(=O)N2CCNC[C@@H]2C)ccc1OC(C)C. The van der Waals surface area contributed by atoms with Crippen molar-refractivity contribution in [2.45, 2.75) is 32.9 Å². The molecule has 0 spiro atoms. The summed E-state index contributed by atoms with van der Waals surface area (Å²) in [5.41, 5.74) is 0.636. The van der Waals surface area contributed by atoms with Gasteiger partial charge < -0.3 is 19.7 Å². The van der Waals surface area contributed by atoms with Crippen molar-refractivity contribution in [2.75, 3.05) is 26.7 Å². The Labute approximate surface area is 126 Å². The molecule has 116 valence electrons. The summed E-state index contributed by atoms with van der Waals surface area (Å²) in [5, 5.41) is 3.29. The number of nitrogens with one attached hydrogen (secondary N) is 1. The molecule has 1 atom stereocenters. The first-order valence-electron chi connectivity index (χ1n) is 7.39. The summed E-state index contributed by atoms with van der Waals surface area (Å²) in [6.45, 7) is 8.37. The van der Waals surface area contributed by atoms with Crippen LogP contribution in [0.2, 0.25) is 0 Å². The van der Waals surface area contributed by atoms with Crippen LogP contribution in [-0.4, -0.2) is 49.7 Å². The van der Waals surface area contributed by atoms with Gasteiger partial charge in [-0.3, -0.25) is 4.79 Å². The highest BCUT2D eigenvalue weighted by atomic mass is 16.5. The Balaban J connectivity index is 2.21. The summed E-state index contributed by atoms with van der Waals surface area (Å²) in [5.74, 6) is 1.30. The third-order valence-electron chi connectivity index (χ3n) is 3.54. The molecule has 0 unspecified atom stereocenters. The molecule has 1 heterocycles. The van der Waals surface area contributed by atoms with Gasteiger partial charge in [0.15, 0.2) is 11.5 Å². The summed E-state index contributed by atoms with van der Waals surface area (Å²) in [7, 11) is 1.59. The molecule has 5 heteroatoms. The van der Waals surface area contributed by atoms with E-state index in [1.54, 1.807) is 25.3 Å². The molecular weight excluding hydrogens is 268 g/mol. The number of ether oxygens (including phenoxy) is 2. The first kappa shape index (κ1) is 15.6.